The molecule has 2 aromatic rings. The number of carbonyl (C=O) groups excluding carboxylic acids is 1. The summed E-state index contributed by atoms with van der Waals surface area (Å²) in [5, 5.41) is 0.461. The van der Waals surface area contributed by atoms with Crippen LogP contribution >= 0.6 is 11.6 Å². The number of halogens is 1. The molecule has 1 amide bonds. The summed E-state index contributed by atoms with van der Waals surface area (Å²) < 4.78 is 27.7. The molecule has 0 N–H and O–H groups in total. The molecule has 0 unspecified atom stereocenters. The van der Waals surface area contributed by atoms with Crippen molar-refractivity contribution in [3.05, 3.63) is 59.1 Å². The summed E-state index contributed by atoms with van der Waals surface area (Å²) in [6.07, 6.45) is 3.97. The minimum absolute atomic E-state index is 0.0649. The van der Waals surface area contributed by atoms with Crippen molar-refractivity contribution in [1.82, 2.24) is 9.80 Å². The molecule has 0 spiro atoms. The summed E-state index contributed by atoms with van der Waals surface area (Å²) in [6, 6.07) is 13.6. The third kappa shape index (κ3) is 4.80. The quantitative estimate of drug-likeness (QED) is 0.600. The third-order valence-electron chi connectivity index (χ3n) is 6.48. The van der Waals surface area contributed by atoms with Gasteiger partial charge in [-0.25, -0.2) is 8.42 Å². The molecule has 0 bridgehead atoms. The van der Waals surface area contributed by atoms with Gasteiger partial charge in [0, 0.05) is 42.8 Å². The smallest absolute Gasteiger partial charge is 0.264 e. The standard InChI is InChI=1S/C24H30ClN3O3S/c1-3-27-14-12-21(13-15-27)28(20-10-11-20)24(29)18-6-4-9-23(16-18)32(30,31)26(2)22-8-5-7-19(25)17-22/h4-9,16-17,20-21H,3,10-15H2,1-2H3. The van der Waals surface area contributed by atoms with Crippen molar-refractivity contribution in [2.45, 2.75) is 49.6 Å². The summed E-state index contributed by atoms with van der Waals surface area (Å²) in [6.45, 7) is 5.19. The Morgan fingerprint density at radius 2 is 1.69 bits per heavy atom. The maximum Gasteiger partial charge on any atom is 0.264 e. The maximum absolute atomic E-state index is 13.5. The van der Waals surface area contributed by atoms with Crippen LogP contribution in [0.2, 0.25) is 5.02 Å². The predicted octanol–water partition coefficient (Wildman–Crippen LogP) is 4.25. The first-order valence-electron chi connectivity index (χ1n) is 11.2. The van der Waals surface area contributed by atoms with Gasteiger partial charge in [0.05, 0.1) is 10.6 Å². The van der Waals surface area contributed by atoms with Gasteiger partial charge in [-0.3, -0.25) is 9.10 Å². The van der Waals surface area contributed by atoms with Gasteiger partial charge in [0.25, 0.3) is 15.9 Å². The Hall–Kier alpha value is -2.09. The number of hydrogen-bond acceptors (Lipinski definition) is 4. The van der Waals surface area contributed by atoms with Crippen LogP contribution in [-0.4, -0.2) is 62.9 Å². The minimum atomic E-state index is -3.83. The van der Waals surface area contributed by atoms with E-state index in [0.717, 1.165) is 45.3 Å². The lowest BCUT2D eigenvalue weighted by Crippen LogP contribution is -2.48. The molecule has 2 fully saturated rings. The molecule has 8 heteroatoms. The Balaban J connectivity index is 1.58. The van der Waals surface area contributed by atoms with E-state index in [1.165, 1.54) is 23.5 Å². The molecule has 2 aliphatic rings. The summed E-state index contributed by atoms with van der Waals surface area (Å²) in [4.78, 5) is 18.1. The zero-order chi connectivity index (χ0) is 22.9. The van der Waals surface area contributed by atoms with Gasteiger partial charge in [0.1, 0.15) is 0 Å². The molecule has 0 atom stereocenters. The normalized spacial score (nSPS) is 17.8. The van der Waals surface area contributed by atoms with Crippen molar-refractivity contribution < 1.29 is 13.2 Å². The van der Waals surface area contributed by atoms with E-state index in [4.69, 9.17) is 11.6 Å². The van der Waals surface area contributed by atoms with Crippen molar-refractivity contribution in [2.75, 3.05) is 31.0 Å². The lowest BCUT2D eigenvalue weighted by molar-refractivity contribution is 0.0554. The Labute approximate surface area is 195 Å². The highest BCUT2D eigenvalue weighted by molar-refractivity contribution is 7.92. The topological polar surface area (TPSA) is 60.9 Å². The first-order valence-corrected chi connectivity index (χ1v) is 13.0. The monoisotopic (exact) mass is 475 g/mol. The molecule has 6 nitrogen and oxygen atoms in total. The van der Waals surface area contributed by atoms with Crippen molar-refractivity contribution >= 4 is 33.2 Å². The Morgan fingerprint density at radius 3 is 2.31 bits per heavy atom. The van der Waals surface area contributed by atoms with E-state index in [1.807, 2.05) is 4.90 Å². The highest BCUT2D eigenvalue weighted by Gasteiger charge is 2.39. The molecule has 1 saturated heterocycles. The van der Waals surface area contributed by atoms with Crippen LogP contribution in [0.3, 0.4) is 0 Å². The number of piperidine rings is 1. The maximum atomic E-state index is 13.5. The fourth-order valence-electron chi connectivity index (χ4n) is 4.40. The highest BCUT2D eigenvalue weighted by Crippen LogP contribution is 2.34. The van der Waals surface area contributed by atoms with E-state index in [-0.39, 0.29) is 22.9 Å². The van der Waals surface area contributed by atoms with E-state index in [9.17, 15) is 13.2 Å². The molecule has 1 saturated carbocycles. The van der Waals surface area contributed by atoms with Crippen LogP contribution in [0, 0.1) is 0 Å². The van der Waals surface area contributed by atoms with E-state index >= 15 is 0 Å². The fraction of sp³-hybridized carbons (Fsp3) is 0.458. The average molecular weight is 476 g/mol. The van der Waals surface area contributed by atoms with Crippen LogP contribution in [0.4, 0.5) is 5.69 Å². The molecule has 1 aliphatic heterocycles. The van der Waals surface area contributed by atoms with Crippen LogP contribution in [0.5, 0.6) is 0 Å². The number of hydrogen-bond donors (Lipinski definition) is 0. The molecular formula is C24H30ClN3O3S. The number of sulfonamides is 1. The van der Waals surface area contributed by atoms with Gasteiger partial charge in [-0.2, -0.15) is 0 Å². The second-order valence-electron chi connectivity index (χ2n) is 8.59. The molecular weight excluding hydrogens is 446 g/mol. The van der Waals surface area contributed by atoms with Gasteiger partial charge in [-0.05, 0) is 68.6 Å². The van der Waals surface area contributed by atoms with E-state index < -0.39 is 10.0 Å². The fourth-order valence-corrected chi connectivity index (χ4v) is 5.82. The Morgan fingerprint density at radius 1 is 1.03 bits per heavy atom. The zero-order valence-corrected chi connectivity index (χ0v) is 20.1. The first-order chi connectivity index (χ1) is 15.3. The number of rotatable bonds is 7. The third-order valence-corrected chi connectivity index (χ3v) is 8.50. The number of anilines is 1. The average Bonchev–Trinajstić information content (AvgIpc) is 3.64. The number of carbonyl (C=O) groups is 1. The van der Waals surface area contributed by atoms with Gasteiger partial charge in [0.15, 0.2) is 0 Å². The summed E-state index contributed by atoms with van der Waals surface area (Å²) >= 11 is 6.04. The molecule has 2 aromatic carbocycles. The van der Waals surface area contributed by atoms with Crippen molar-refractivity contribution in [3.63, 3.8) is 0 Å². The van der Waals surface area contributed by atoms with Crippen molar-refractivity contribution in [3.8, 4) is 0 Å². The Kier molecular flexibility index (Phi) is 6.79. The predicted molar refractivity (Wildman–Crippen MR) is 128 cm³/mol. The first kappa shape index (κ1) is 23.1. The largest absolute Gasteiger partial charge is 0.333 e. The van der Waals surface area contributed by atoms with Gasteiger partial charge < -0.3 is 9.80 Å². The second-order valence-corrected chi connectivity index (χ2v) is 11.0. The van der Waals surface area contributed by atoms with Crippen molar-refractivity contribution in [1.29, 1.82) is 0 Å². The number of likely N-dealkylation sites (tertiary alicyclic amines) is 1. The molecule has 32 heavy (non-hydrogen) atoms. The molecule has 1 heterocycles. The highest BCUT2D eigenvalue weighted by atomic mass is 35.5. The minimum Gasteiger partial charge on any atom is -0.333 e. The SMILES string of the molecule is CCN1CCC(N(C(=O)c2cccc(S(=O)(=O)N(C)c3cccc(Cl)c3)c2)C2CC2)CC1. The van der Waals surface area contributed by atoms with Crippen LogP contribution < -0.4 is 4.31 Å². The number of benzene rings is 2. The molecule has 172 valence electrons. The van der Waals surface area contributed by atoms with Crippen LogP contribution in [0.25, 0.3) is 0 Å². The molecule has 0 radical (unpaired) electrons. The second kappa shape index (κ2) is 9.41. The van der Waals surface area contributed by atoms with E-state index in [1.54, 1.807) is 36.4 Å². The lowest BCUT2D eigenvalue weighted by atomic mass is 10.0. The summed E-state index contributed by atoms with van der Waals surface area (Å²) in [5.74, 6) is -0.0649. The van der Waals surface area contributed by atoms with Crippen LogP contribution in [0.15, 0.2) is 53.4 Å². The summed E-state index contributed by atoms with van der Waals surface area (Å²) in [7, 11) is -2.34. The van der Waals surface area contributed by atoms with Gasteiger partial charge >= 0.3 is 0 Å². The molecule has 4 rings (SSSR count). The van der Waals surface area contributed by atoms with E-state index in [2.05, 4.69) is 11.8 Å². The molecule has 0 aromatic heterocycles. The number of nitrogens with zero attached hydrogens (tertiary/aromatic N) is 3. The number of amides is 1. The van der Waals surface area contributed by atoms with Crippen LogP contribution in [0.1, 0.15) is 43.0 Å². The van der Waals surface area contributed by atoms with Gasteiger partial charge in [-0.15, -0.1) is 0 Å². The molecule has 1 aliphatic carbocycles. The van der Waals surface area contributed by atoms with Crippen LogP contribution in [-0.2, 0) is 10.0 Å². The van der Waals surface area contributed by atoms with Crippen molar-refractivity contribution in [2.24, 2.45) is 0 Å². The summed E-state index contributed by atoms with van der Waals surface area (Å²) in [5.41, 5.74) is 0.895. The van der Waals surface area contributed by atoms with Gasteiger partial charge in [0.2, 0.25) is 0 Å². The van der Waals surface area contributed by atoms with Gasteiger partial charge in [-0.1, -0.05) is 30.7 Å². The lowest BCUT2D eigenvalue weighted by Gasteiger charge is -2.38. The zero-order valence-electron chi connectivity index (χ0n) is 18.6. The van der Waals surface area contributed by atoms with E-state index in [0.29, 0.717) is 16.3 Å². The Bertz CT molecular complexity index is 1080.